The molecule has 0 spiro atoms. The zero-order valence-electron chi connectivity index (χ0n) is 8.75. The number of hydrogen-bond acceptors (Lipinski definition) is 2. The lowest BCUT2D eigenvalue weighted by atomic mass is 10.0. The SMILES string of the molecule is CC(C)CCCCCC(C=O)=CN. The number of hydrogen-bond donors (Lipinski definition) is 1. The van der Waals surface area contributed by atoms with Gasteiger partial charge in [-0.1, -0.05) is 33.1 Å². The Hall–Kier alpha value is -0.790. The summed E-state index contributed by atoms with van der Waals surface area (Å²) in [6.45, 7) is 4.47. The van der Waals surface area contributed by atoms with Crippen molar-refractivity contribution in [3.63, 3.8) is 0 Å². The summed E-state index contributed by atoms with van der Waals surface area (Å²) in [5, 5.41) is 0. The number of allylic oxidation sites excluding steroid dienone is 1. The number of unbranched alkanes of at least 4 members (excludes halogenated alkanes) is 2. The minimum atomic E-state index is 0.726. The molecule has 0 atom stereocenters. The molecule has 0 aliphatic rings. The van der Waals surface area contributed by atoms with Crippen LogP contribution in [0.4, 0.5) is 0 Å². The second-order valence-electron chi connectivity index (χ2n) is 3.85. The molecular weight excluding hydrogens is 162 g/mol. The van der Waals surface area contributed by atoms with E-state index in [1.54, 1.807) is 0 Å². The van der Waals surface area contributed by atoms with E-state index in [-0.39, 0.29) is 0 Å². The quantitative estimate of drug-likeness (QED) is 0.374. The average Bonchev–Trinajstić information content (AvgIpc) is 2.11. The van der Waals surface area contributed by atoms with Gasteiger partial charge < -0.3 is 5.73 Å². The second kappa shape index (κ2) is 7.84. The first-order valence-electron chi connectivity index (χ1n) is 5.06. The van der Waals surface area contributed by atoms with Gasteiger partial charge in [0.25, 0.3) is 0 Å². The third kappa shape index (κ3) is 7.57. The highest BCUT2D eigenvalue weighted by atomic mass is 16.1. The van der Waals surface area contributed by atoms with Crippen molar-refractivity contribution >= 4 is 6.29 Å². The summed E-state index contributed by atoms with van der Waals surface area (Å²) in [7, 11) is 0. The Bertz CT molecular complexity index is 161. The van der Waals surface area contributed by atoms with Crippen molar-refractivity contribution in [1.29, 1.82) is 0 Å². The van der Waals surface area contributed by atoms with Crippen molar-refractivity contribution in [3.05, 3.63) is 11.8 Å². The highest BCUT2D eigenvalue weighted by Crippen LogP contribution is 2.11. The normalized spacial score (nSPS) is 12.1. The predicted molar refractivity (Wildman–Crippen MR) is 56.3 cm³/mol. The predicted octanol–water partition coefficient (Wildman–Crippen LogP) is 2.63. The molecule has 2 N–H and O–H groups in total. The van der Waals surface area contributed by atoms with Crippen molar-refractivity contribution in [2.75, 3.05) is 0 Å². The first kappa shape index (κ1) is 12.2. The summed E-state index contributed by atoms with van der Waals surface area (Å²) >= 11 is 0. The largest absolute Gasteiger partial charge is 0.404 e. The third-order valence-corrected chi connectivity index (χ3v) is 2.11. The number of nitrogens with two attached hydrogens (primary N) is 1. The minimum absolute atomic E-state index is 0.726. The van der Waals surface area contributed by atoms with Gasteiger partial charge in [-0.15, -0.1) is 0 Å². The maximum Gasteiger partial charge on any atom is 0.147 e. The molecule has 0 rings (SSSR count). The highest BCUT2D eigenvalue weighted by Gasteiger charge is 1.96. The summed E-state index contributed by atoms with van der Waals surface area (Å²) in [6.07, 6.45) is 7.91. The molecule has 0 unspecified atom stereocenters. The molecule has 0 radical (unpaired) electrons. The van der Waals surface area contributed by atoms with E-state index in [1.165, 1.54) is 25.5 Å². The van der Waals surface area contributed by atoms with Gasteiger partial charge in [-0.25, -0.2) is 0 Å². The molecule has 0 saturated carbocycles. The van der Waals surface area contributed by atoms with Gasteiger partial charge in [0.1, 0.15) is 6.29 Å². The zero-order valence-corrected chi connectivity index (χ0v) is 8.75. The molecule has 0 aromatic carbocycles. The lowest BCUT2D eigenvalue weighted by Gasteiger charge is -2.03. The van der Waals surface area contributed by atoms with Crippen LogP contribution in [0.25, 0.3) is 0 Å². The molecule has 0 aliphatic carbocycles. The van der Waals surface area contributed by atoms with Crippen molar-refractivity contribution in [2.45, 2.75) is 46.0 Å². The molecule has 0 aromatic heterocycles. The summed E-state index contributed by atoms with van der Waals surface area (Å²) in [5.74, 6) is 0.788. The minimum Gasteiger partial charge on any atom is -0.404 e. The Kier molecular flexibility index (Phi) is 7.36. The van der Waals surface area contributed by atoms with Crippen LogP contribution in [0.3, 0.4) is 0 Å². The Morgan fingerprint density at radius 3 is 2.46 bits per heavy atom. The van der Waals surface area contributed by atoms with Crippen LogP contribution >= 0.6 is 0 Å². The molecule has 0 aromatic rings. The molecule has 76 valence electrons. The van der Waals surface area contributed by atoms with E-state index in [2.05, 4.69) is 13.8 Å². The van der Waals surface area contributed by atoms with E-state index < -0.39 is 0 Å². The smallest absolute Gasteiger partial charge is 0.147 e. The van der Waals surface area contributed by atoms with Crippen LogP contribution in [0.2, 0.25) is 0 Å². The highest BCUT2D eigenvalue weighted by molar-refractivity contribution is 5.72. The van der Waals surface area contributed by atoms with Crippen LogP contribution < -0.4 is 5.73 Å². The van der Waals surface area contributed by atoms with Crippen LogP contribution in [-0.4, -0.2) is 6.29 Å². The van der Waals surface area contributed by atoms with Gasteiger partial charge >= 0.3 is 0 Å². The number of carbonyl (C=O) groups excluding carboxylic acids is 1. The van der Waals surface area contributed by atoms with Crippen LogP contribution in [0.5, 0.6) is 0 Å². The molecule has 0 saturated heterocycles. The van der Waals surface area contributed by atoms with Crippen LogP contribution in [0, 0.1) is 5.92 Å². The molecule has 2 nitrogen and oxygen atoms in total. The molecule has 0 heterocycles. The van der Waals surface area contributed by atoms with Gasteiger partial charge in [0.05, 0.1) is 0 Å². The van der Waals surface area contributed by atoms with E-state index >= 15 is 0 Å². The first-order valence-corrected chi connectivity index (χ1v) is 5.06. The second-order valence-corrected chi connectivity index (χ2v) is 3.85. The molecule has 0 fully saturated rings. The molecule has 0 bridgehead atoms. The maximum absolute atomic E-state index is 10.4. The average molecular weight is 183 g/mol. The Balaban J connectivity index is 3.30. The summed E-state index contributed by atoms with van der Waals surface area (Å²) in [4.78, 5) is 10.4. The lowest BCUT2D eigenvalue weighted by Crippen LogP contribution is -1.92. The monoisotopic (exact) mass is 183 g/mol. The zero-order chi connectivity index (χ0) is 10.1. The fraction of sp³-hybridized carbons (Fsp3) is 0.727. The van der Waals surface area contributed by atoms with E-state index in [4.69, 9.17) is 5.73 Å². The summed E-state index contributed by atoms with van der Waals surface area (Å²) in [6, 6.07) is 0. The standard InChI is InChI=1S/C11H21NO/c1-10(2)6-4-3-5-7-11(8-12)9-13/h8-10H,3-7,12H2,1-2H3. The topological polar surface area (TPSA) is 43.1 Å². The van der Waals surface area contributed by atoms with Crippen molar-refractivity contribution in [1.82, 2.24) is 0 Å². The molecule has 0 aliphatic heterocycles. The van der Waals surface area contributed by atoms with E-state index in [0.29, 0.717) is 0 Å². The lowest BCUT2D eigenvalue weighted by molar-refractivity contribution is -0.105. The van der Waals surface area contributed by atoms with Crippen LogP contribution in [0.15, 0.2) is 11.8 Å². The van der Waals surface area contributed by atoms with Crippen LogP contribution in [-0.2, 0) is 4.79 Å². The van der Waals surface area contributed by atoms with Gasteiger partial charge in [-0.2, -0.15) is 0 Å². The summed E-state index contributed by atoms with van der Waals surface area (Å²) in [5.41, 5.74) is 5.98. The van der Waals surface area contributed by atoms with Crippen molar-refractivity contribution in [2.24, 2.45) is 11.7 Å². The van der Waals surface area contributed by atoms with Crippen molar-refractivity contribution in [3.8, 4) is 0 Å². The Labute approximate surface area is 81.2 Å². The third-order valence-electron chi connectivity index (χ3n) is 2.11. The van der Waals surface area contributed by atoms with Gasteiger partial charge in [0, 0.05) is 11.8 Å². The number of rotatable bonds is 7. The fourth-order valence-electron chi connectivity index (χ4n) is 1.24. The van der Waals surface area contributed by atoms with Gasteiger partial charge in [-0.05, 0) is 18.8 Å². The van der Waals surface area contributed by atoms with Crippen molar-refractivity contribution < 1.29 is 4.79 Å². The maximum atomic E-state index is 10.4. The number of carbonyl (C=O) groups is 1. The van der Waals surface area contributed by atoms with Gasteiger partial charge in [0.2, 0.25) is 0 Å². The van der Waals surface area contributed by atoms with E-state index in [1.807, 2.05) is 0 Å². The van der Waals surface area contributed by atoms with Gasteiger partial charge in [0.15, 0.2) is 0 Å². The van der Waals surface area contributed by atoms with Gasteiger partial charge in [-0.3, -0.25) is 4.79 Å². The first-order chi connectivity index (χ1) is 6.20. The molecular formula is C11H21NO. The summed E-state index contributed by atoms with van der Waals surface area (Å²) < 4.78 is 0. The molecule has 2 heteroatoms. The fourth-order valence-corrected chi connectivity index (χ4v) is 1.24. The molecule has 0 amide bonds. The Morgan fingerprint density at radius 2 is 2.00 bits per heavy atom. The Morgan fingerprint density at radius 1 is 1.31 bits per heavy atom. The molecule has 13 heavy (non-hydrogen) atoms. The van der Waals surface area contributed by atoms with Crippen LogP contribution in [0.1, 0.15) is 46.0 Å². The number of aldehydes is 1. The van der Waals surface area contributed by atoms with E-state index in [0.717, 1.165) is 30.6 Å². The van der Waals surface area contributed by atoms with E-state index in [9.17, 15) is 4.79 Å².